The molecule has 0 bridgehead atoms. The van der Waals surface area contributed by atoms with Crippen molar-refractivity contribution in [3.05, 3.63) is 34.0 Å². The first kappa shape index (κ1) is 21.7. The SMILES string of the molecule is CCc1nnc(NC(=O)N[C@H](CO)CCN2CC(Oc3ccc(Cl)c(F)c3)C2)s1. The summed E-state index contributed by atoms with van der Waals surface area (Å²) < 4.78 is 19.2. The maximum Gasteiger partial charge on any atom is 0.321 e. The molecule has 1 fully saturated rings. The summed E-state index contributed by atoms with van der Waals surface area (Å²) in [5.41, 5.74) is 0. The molecule has 158 valence electrons. The Hall–Kier alpha value is -2.01. The van der Waals surface area contributed by atoms with Crippen molar-refractivity contribution in [1.82, 2.24) is 20.4 Å². The molecule has 1 aromatic heterocycles. The predicted molar refractivity (Wildman–Crippen MR) is 109 cm³/mol. The van der Waals surface area contributed by atoms with E-state index in [1.54, 1.807) is 6.07 Å². The second kappa shape index (κ2) is 10.1. The maximum atomic E-state index is 13.4. The van der Waals surface area contributed by atoms with E-state index in [9.17, 15) is 14.3 Å². The van der Waals surface area contributed by atoms with Gasteiger partial charge in [-0.15, -0.1) is 10.2 Å². The normalized spacial score (nSPS) is 15.6. The molecule has 29 heavy (non-hydrogen) atoms. The molecule has 0 spiro atoms. The monoisotopic (exact) mass is 443 g/mol. The largest absolute Gasteiger partial charge is 0.488 e. The Morgan fingerprint density at radius 1 is 1.48 bits per heavy atom. The number of nitrogens with one attached hydrogen (secondary N) is 2. The molecule has 3 rings (SSSR count). The number of anilines is 1. The molecular formula is C18H23ClFN5O3S. The number of nitrogens with zero attached hydrogens (tertiary/aromatic N) is 3. The fraction of sp³-hybridized carbons (Fsp3) is 0.500. The molecule has 0 aliphatic carbocycles. The number of hydrogen-bond acceptors (Lipinski definition) is 7. The van der Waals surface area contributed by atoms with Crippen LogP contribution in [0.5, 0.6) is 5.75 Å². The minimum Gasteiger partial charge on any atom is -0.488 e. The Bertz CT molecular complexity index is 834. The van der Waals surface area contributed by atoms with Crippen LogP contribution in [0, 0.1) is 5.82 Å². The number of aliphatic hydroxyl groups excluding tert-OH is 1. The number of amides is 2. The number of hydrogen-bond donors (Lipinski definition) is 3. The number of likely N-dealkylation sites (tertiary alicyclic amines) is 1. The van der Waals surface area contributed by atoms with Gasteiger partial charge in [-0.05, 0) is 25.0 Å². The summed E-state index contributed by atoms with van der Waals surface area (Å²) in [6, 6.07) is 3.59. The Morgan fingerprint density at radius 3 is 2.93 bits per heavy atom. The number of urea groups is 1. The van der Waals surface area contributed by atoms with Gasteiger partial charge in [-0.25, -0.2) is 9.18 Å². The lowest BCUT2D eigenvalue weighted by atomic mass is 10.1. The molecule has 11 heteroatoms. The van der Waals surface area contributed by atoms with E-state index in [4.69, 9.17) is 16.3 Å². The molecule has 1 aliphatic rings. The highest BCUT2D eigenvalue weighted by Crippen LogP contribution is 2.23. The number of rotatable bonds is 9. The van der Waals surface area contributed by atoms with Crippen molar-refractivity contribution in [2.24, 2.45) is 0 Å². The second-order valence-corrected chi connectivity index (χ2v) is 8.17. The topological polar surface area (TPSA) is 99.6 Å². The number of aliphatic hydroxyl groups is 1. The first-order valence-electron chi connectivity index (χ1n) is 9.31. The van der Waals surface area contributed by atoms with E-state index in [0.717, 1.165) is 11.4 Å². The quantitative estimate of drug-likeness (QED) is 0.550. The molecule has 1 aliphatic heterocycles. The van der Waals surface area contributed by atoms with Crippen LogP contribution in [0.25, 0.3) is 0 Å². The van der Waals surface area contributed by atoms with Crippen LogP contribution in [-0.2, 0) is 6.42 Å². The first-order chi connectivity index (χ1) is 14.0. The van der Waals surface area contributed by atoms with E-state index < -0.39 is 11.8 Å². The fourth-order valence-corrected chi connectivity index (χ4v) is 3.63. The average molecular weight is 444 g/mol. The third-order valence-corrected chi connectivity index (χ3v) is 5.75. The van der Waals surface area contributed by atoms with E-state index in [-0.39, 0.29) is 23.8 Å². The van der Waals surface area contributed by atoms with Gasteiger partial charge >= 0.3 is 6.03 Å². The molecule has 2 amide bonds. The van der Waals surface area contributed by atoms with Crippen LogP contribution < -0.4 is 15.4 Å². The summed E-state index contributed by atoms with van der Waals surface area (Å²) >= 11 is 6.98. The van der Waals surface area contributed by atoms with Crippen LogP contribution in [0.2, 0.25) is 5.02 Å². The van der Waals surface area contributed by atoms with Gasteiger partial charge in [0.25, 0.3) is 0 Å². The minimum atomic E-state index is -0.505. The van der Waals surface area contributed by atoms with Crippen molar-refractivity contribution in [2.45, 2.75) is 31.9 Å². The highest BCUT2D eigenvalue weighted by atomic mass is 35.5. The number of halogens is 2. The summed E-state index contributed by atoms with van der Waals surface area (Å²) in [7, 11) is 0. The van der Waals surface area contributed by atoms with Crippen molar-refractivity contribution in [2.75, 3.05) is 31.6 Å². The highest BCUT2D eigenvalue weighted by molar-refractivity contribution is 7.15. The third-order valence-electron chi connectivity index (χ3n) is 4.46. The molecule has 3 N–H and O–H groups in total. The van der Waals surface area contributed by atoms with Gasteiger partial charge in [0.2, 0.25) is 5.13 Å². The van der Waals surface area contributed by atoms with Gasteiger partial charge in [0.1, 0.15) is 22.7 Å². The van der Waals surface area contributed by atoms with Crippen molar-refractivity contribution in [3.63, 3.8) is 0 Å². The molecule has 2 aromatic rings. The minimum absolute atomic E-state index is 0.0235. The Morgan fingerprint density at radius 2 is 2.28 bits per heavy atom. The van der Waals surface area contributed by atoms with Crippen LogP contribution >= 0.6 is 22.9 Å². The number of carbonyl (C=O) groups is 1. The van der Waals surface area contributed by atoms with Gasteiger partial charge in [-0.1, -0.05) is 29.9 Å². The lowest BCUT2D eigenvalue weighted by Crippen LogP contribution is -2.55. The number of ether oxygens (including phenoxy) is 1. The summed E-state index contributed by atoms with van der Waals surface area (Å²) in [6.07, 6.45) is 1.32. The van der Waals surface area contributed by atoms with Crippen molar-refractivity contribution in [1.29, 1.82) is 0 Å². The van der Waals surface area contributed by atoms with Crippen LogP contribution in [0.4, 0.5) is 14.3 Å². The van der Waals surface area contributed by atoms with Gasteiger partial charge in [-0.3, -0.25) is 10.2 Å². The number of aromatic nitrogens is 2. The van der Waals surface area contributed by atoms with Crippen LogP contribution in [0.1, 0.15) is 18.4 Å². The molecule has 0 radical (unpaired) electrons. The van der Waals surface area contributed by atoms with Gasteiger partial charge < -0.3 is 15.2 Å². The molecule has 1 saturated heterocycles. The summed E-state index contributed by atoms with van der Waals surface area (Å²) in [5.74, 6) is -0.0547. The summed E-state index contributed by atoms with van der Waals surface area (Å²) in [5, 5.41) is 24.1. The number of carbonyl (C=O) groups excluding carboxylic acids is 1. The molecule has 8 nitrogen and oxygen atoms in total. The Balaban J connectivity index is 1.35. The van der Waals surface area contributed by atoms with Crippen LogP contribution in [0.15, 0.2) is 18.2 Å². The van der Waals surface area contributed by atoms with E-state index in [1.807, 2.05) is 6.92 Å². The highest BCUT2D eigenvalue weighted by Gasteiger charge is 2.29. The van der Waals surface area contributed by atoms with Gasteiger partial charge in [0.05, 0.1) is 17.7 Å². The van der Waals surface area contributed by atoms with E-state index in [1.165, 1.54) is 23.5 Å². The van der Waals surface area contributed by atoms with Gasteiger partial charge in [0.15, 0.2) is 0 Å². The Labute approximate surface area is 177 Å². The zero-order valence-electron chi connectivity index (χ0n) is 15.9. The lowest BCUT2D eigenvalue weighted by Gasteiger charge is -2.39. The molecule has 1 aromatic carbocycles. The third kappa shape index (κ3) is 6.23. The standard InChI is InChI=1S/C18H23ClFN5O3S/c1-2-16-23-24-18(29-16)22-17(27)21-11(10-26)5-6-25-8-13(9-25)28-12-3-4-14(19)15(20)7-12/h3-4,7,11,13,26H,2,5-6,8-10H2,1H3,(H2,21,22,24,27)/t11-/m0/s1. The average Bonchev–Trinajstić information content (AvgIpc) is 3.12. The molecule has 2 heterocycles. The zero-order chi connectivity index (χ0) is 20.8. The smallest absolute Gasteiger partial charge is 0.321 e. The maximum absolute atomic E-state index is 13.4. The number of benzene rings is 1. The van der Waals surface area contributed by atoms with E-state index in [2.05, 4.69) is 25.7 Å². The molecule has 0 unspecified atom stereocenters. The van der Waals surface area contributed by atoms with Crippen molar-refractivity contribution < 1.29 is 19.0 Å². The Kier molecular flexibility index (Phi) is 7.59. The lowest BCUT2D eigenvalue weighted by molar-refractivity contribution is 0.0167. The van der Waals surface area contributed by atoms with E-state index in [0.29, 0.717) is 36.9 Å². The zero-order valence-corrected chi connectivity index (χ0v) is 17.5. The van der Waals surface area contributed by atoms with Crippen molar-refractivity contribution in [3.8, 4) is 5.75 Å². The van der Waals surface area contributed by atoms with E-state index >= 15 is 0 Å². The van der Waals surface area contributed by atoms with Crippen LogP contribution in [0.3, 0.4) is 0 Å². The molecule has 0 saturated carbocycles. The first-order valence-corrected chi connectivity index (χ1v) is 10.5. The molecular weight excluding hydrogens is 421 g/mol. The predicted octanol–water partition coefficient (Wildman–Crippen LogP) is 2.53. The summed E-state index contributed by atoms with van der Waals surface area (Å²) in [6.45, 7) is 3.88. The van der Waals surface area contributed by atoms with Gasteiger partial charge in [-0.2, -0.15) is 0 Å². The fourth-order valence-electron chi connectivity index (χ4n) is 2.84. The van der Waals surface area contributed by atoms with Gasteiger partial charge in [0, 0.05) is 25.7 Å². The second-order valence-electron chi connectivity index (χ2n) is 6.70. The van der Waals surface area contributed by atoms with Crippen molar-refractivity contribution >= 4 is 34.1 Å². The summed E-state index contributed by atoms with van der Waals surface area (Å²) in [4.78, 5) is 14.2. The number of aryl methyl sites for hydroxylation is 1. The van der Waals surface area contributed by atoms with Crippen LogP contribution in [-0.4, -0.2) is 64.6 Å². The molecule has 1 atom stereocenters.